The van der Waals surface area contributed by atoms with E-state index in [1.165, 1.54) is 0 Å². The van der Waals surface area contributed by atoms with Crippen LogP contribution in [0.1, 0.15) is 23.6 Å². The van der Waals surface area contributed by atoms with Crippen LogP contribution in [0, 0.1) is 5.92 Å². The van der Waals surface area contributed by atoms with Crippen LogP contribution in [-0.4, -0.2) is 34.0 Å². The minimum absolute atomic E-state index is 0.171. The van der Waals surface area contributed by atoms with Gasteiger partial charge in [-0.15, -0.1) is 11.3 Å². The molecule has 4 aromatic rings. The highest BCUT2D eigenvalue weighted by Gasteiger charge is 2.25. The van der Waals surface area contributed by atoms with Crippen LogP contribution in [0.15, 0.2) is 85.1 Å². The first-order valence-electron chi connectivity index (χ1n) is 11.8. The number of benzene rings is 3. The summed E-state index contributed by atoms with van der Waals surface area (Å²) in [4.78, 5) is 41.3. The molecule has 0 saturated carbocycles. The maximum Gasteiger partial charge on any atom is 0.326 e. The molecule has 0 aliphatic carbocycles. The fraction of sp³-hybridized carbons (Fsp3) is 0.143. The van der Waals surface area contributed by atoms with Crippen molar-refractivity contribution in [2.75, 3.05) is 10.6 Å². The van der Waals surface area contributed by atoms with Crippen molar-refractivity contribution < 1.29 is 24.2 Å². The number of thiazole rings is 1. The van der Waals surface area contributed by atoms with Crippen LogP contribution >= 0.6 is 11.3 Å². The van der Waals surface area contributed by atoms with E-state index in [0.717, 1.165) is 21.8 Å². The Morgan fingerprint density at radius 1 is 0.895 bits per heavy atom. The number of carboxylic acids is 1. The first-order valence-corrected chi connectivity index (χ1v) is 12.6. The molecule has 3 amide bonds. The van der Waals surface area contributed by atoms with Gasteiger partial charge in [-0.25, -0.2) is 14.6 Å². The molecule has 0 bridgehead atoms. The smallest absolute Gasteiger partial charge is 0.326 e. The van der Waals surface area contributed by atoms with Crippen molar-refractivity contribution in [3.8, 4) is 21.9 Å². The molecule has 4 N–H and O–H groups in total. The summed E-state index contributed by atoms with van der Waals surface area (Å²) in [6.45, 7) is 3.44. The normalized spacial score (nSPS) is 11.4. The van der Waals surface area contributed by atoms with E-state index in [2.05, 4.69) is 20.9 Å². The molecule has 10 heteroatoms. The molecule has 3 aromatic carbocycles. The lowest BCUT2D eigenvalue weighted by molar-refractivity contribution is -0.140. The molecule has 1 aromatic heterocycles. The second-order valence-electron chi connectivity index (χ2n) is 8.63. The zero-order valence-electron chi connectivity index (χ0n) is 20.7. The highest BCUT2D eigenvalue weighted by Crippen LogP contribution is 2.30. The first-order chi connectivity index (χ1) is 18.3. The van der Waals surface area contributed by atoms with Crippen LogP contribution in [0.25, 0.3) is 10.4 Å². The van der Waals surface area contributed by atoms with E-state index < -0.39 is 23.9 Å². The van der Waals surface area contributed by atoms with Gasteiger partial charge in [0.15, 0.2) is 10.8 Å². The number of ether oxygens (including phenoxy) is 1. The van der Waals surface area contributed by atoms with Crippen molar-refractivity contribution in [1.82, 2.24) is 10.3 Å². The van der Waals surface area contributed by atoms with Crippen molar-refractivity contribution in [3.05, 3.63) is 90.1 Å². The van der Waals surface area contributed by atoms with Crippen molar-refractivity contribution in [3.63, 3.8) is 0 Å². The predicted molar refractivity (Wildman–Crippen MR) is 147 cm³/mol. The van der Waals surface area contributed by atoms with E-state index in [-0.39, 0.29) is 10.9 Å². The van der Waals surface area contributed by atoms with Gasteiger partial charge >= 0.3 is 12.0 Å². The Labute approximate surface area is 223 Å². The second-order valence-corrected chi connectivity index (χ2v) is 9.66. The Bertz CT molecular complexity index is 1420. The molecule has 0 fully saturated rings. The molecule has 0 aliphatic heterocycles. The Kier molecular flexibility index (Phi) is 8.34. The third-order valence-corrected chi connectivity index (χ3v) is 6.50. The minimum atomic E-state index is -1.09. The zero-order valence-corrected chi connectivity index (χ0v) is 21.5. The van der Waals surface area contributed by atoms with E-state index >= 15 is 0 Å². The summed E-state index contributed by atoms with van der Waals surface area (Å²) in [6, 6.07) is 22.1. The molecule has 38 heavy (non-hydrogen) atoms. The molecule has 1 atom stereocenters. The fourth-order valence-corrected chi connectivity index (χ4v) is 4.33. The number of carboxylic acid groups (broad SMARTS) is 1. The van der Waals surface area contributed by atoms with E-state index in [4.69, 9.17) is 4.74 Å². The lowest BCUT2D eigenvalue weighted by Gasteiger charge is -2.16. The van der Waals surface area contributed by atoms with Crippen LogP contribution in [0.3, 0.4) is 0 Å². The van der Waals surface area contributed by atoms with E-state index in [1.807, 2.05) is 36.4 Å². The molecule has 0 aliphatic rings. The van der Waals surface area contributed by atoms with Gasteiger partial charge in [-0.3, -0.25) is 4.79 Å². The van der Waals surface area contributed by atoms with Gasteiger partial charge in [-0.1, -0.05) is 56.3 Å². The number of nitrogens with zero attached hydrogens (tertiary/aromatic N) is 1. The number of aromatic nitrogens is 1. The quantitative estimate of drug-likeness (QED) is 0.207. The Morgan fingerprint density at radius 2 is 1.58 bits per heavy atom. The van der Waals surface area contributed by atoms with Crippen LogP contribution in [-0.2, 0) is 4.79 Å². The van der Waals surface area contributed by atoms with E-state index in [0.29, 0.717) is 22.9 Å². The van der Waals surface area contributed by atoms with Crippen molar-refractivity contribution in [2.45, 2.75) is 19.9 Å². The molecule has 4 rings (SSSR count). The number of aliphatic carboxylic acids is 1. The standard InChI is InChI=1S/C28H26N4O5S/c1-17(2)24(27(34)35)32-25(33)26-29-16-23(38-26)18-12-14-19(15-13-18)30-28(36)31-21-10-6-7-11-22(21)37-20-8-4-3-5-9-20/h3-17,24H,1-2H3,(H,32,33)(H,34,35)(H2,30,31,36)/t24-/m1/s1. The number of amides is 3. The molecule has 9 nitrogen and oxygen atoms in total. The van der Waals surface area contributed by atoms with Gasteiger partial charge in [0.05, 0.1) is 10.6 Å². The molecule has 0 spiro atoms. The summed E-state index contributed by atoms with van der Waals surface area (Å²) in [5.41, 5.74) is 1.88. The molecular weight excluding hydrogens is 504 g/mol. The number of nitrogens with one attached hydrogen (secondary N) is 3. The molecular formula is C28H26N4O5S. The van der Waals surface area contributed by atoms with Gasteiger partial charge in [0.1, 0.15) is 11.8 Å². The number of carbonyl (C=O) groups is 3. The van der Waals surface area contributed by atoms with Crippen molar-refractivity contribution in [1.29, 1.82) is 0 Å². The largest absolute Gasteiger partial charge is 0.480 e. The van der Waals surface area contributed by atoms with Gasteiger partial charge in [0, 0.05) is 11.9 Å². The summed E-state index contributed by atoms with van der Waals surface area (Å²) in [7, 11) is 0. The summed E-state index contributed by atoms with van der Waals surface area (Å²) in [5.74, 6) is -0.725. The predicted octanol–water partition coefficient (Wildman–Crippen LogP) is 6.09. The van der Waals surface area contributed by atoms with Gasteiger partial charge in [-0.2, -0.15) is 0 Å². The van der Waals surface area contributed by atoms with E-state index in [1.54, 1.807) is 62.5 Å². The van der Waals surface area contributed by atoms with Gasteiger partial charge in [-0.05, 0) is 47.9 Å². The number of carbonyl (C=O) groups excluding carboxylic acids is 2. The maximum absolute atomic E-state index is 12.6. The number of para-hydroxylation sites is 3. The van der Waals surface area contributed by atoms with Crippen molar-refractivity contribution in [2.24, 2.45) is 5.92 Å². The minimum Gasteiger partial charge on any atom is -0.480 e. The SMILES string of the molecule is CC(C)[C@@H](NC(=O)c1ncc(-c2ccc(NC(=O)Nc3ccccc3Oc3ccccc3)cc2)s1)C(=O)O. The number of anilines is 2. The van der Waals surface area contributed by atoms with Crippen molar-refractivity contribution >= 4 is 40.6 Å². The lowest BCUT2D eigenvalue weighted by Crippen LogP contribution is -2.44. The monoisotopic (exact) mass is 530 g/mol. The Morgan fingerprint density at radius 3 is 2.26 bits per heavy atom. The topological polar surface area (TPSA) is 130 Å². The number of urea groups is 1. The van der Waals surface area contributed by atoms with Crippen LogP contribution in [0.4, 0.5) is 16.2 Å². The fourth-order valence-electron chi connectivity index (χ4n) is 3.51. The molecule has 194 valence electrons. The maximum atomic E-state index is 12.6. The average molecular weight is 531 g/mol. The number of hydrogen-bond acceptors (Lipinski definition) is 6. The number of rotatable bonds is 9. The summed E-state index contributed by atoms with van der Waals surface area (Å²) >= 11 is 1.15. The summed E-state index contributed by atoms with van der Waals surface area (Å²) in [6.07, 6.45) is 1.56. The Balaban J connectivity index is 1.37. The highest BCUT2D eigenvalue weighted by molar-refractivity contribution is 7.17. The average Bonchev–Trinajstić information content (AvgIpc) is 3.39. The Hall–Kier alpha value is -4.70. The zero-order chi connectivity index (χ0) is 27.1. The summed E-state index contributed by atoms with van der Waals surface area (Å²) in [5, 5.41) is 17.6. The van der Waals surface area contributed by atoms with Gasteiger partial charge < -0.3 is 25.8 Å². The number of hydrogen-bond donors (Lipinski definition) is 4. The van der Waals surface area contributed by atoms with Crippen LogP contribution < -0.4 is 20.7 Å². The third kappa shape index (κ3) is 6.74. The highest BCUT2D eigenvalue weighted by atomic mass is 32.1. The first kappa shape index (κ1) is 26.4. The van der Waals surface area contributed by atoms with Crippen LogP contribution in [0.2, 0.25) is 0 Å². The lowest BCUT2D eigenvalue weighted by atomic mass is 10.1. The van der Waals surface area contributed by atoms with E-state index in [9.17, 15) is 19.5 Å². The molecule has 0 saturated heterocycles. The summed E-state index contributed by atoms with van der Waals surface area (Å²) < 4.78 is 5.88. The molecule has 0 unspecified atom stereocenters. The third-order valence-electron chi connectivity index (χ3n) is 5.45. The molecule has 1 heterocycles. The van der Waals surface area contributed by atoms with Crippen LogP contribution in [0.5, 0.6) is 11.5 Å². The second kappa shape index (κ2) is 12.0. The van der Waals surface area contributed by atoms with Gasteiger partial charge in [0.25, 0.3) is 5.91 Å². The van der Waals surface area contributed by atoms with Gasteiger partial charge in [0.2, 0.25) is 0 Å². The molecule has 0 radical (unpaired) electrons.